The molecule has 0 spiro atoms. The second kappa shape index (κ2) is 8.21. The van der Waals surface area contributed by atoms with Crippen LogP contribution in [0.5, 0.6) is 0 Å². The van der Waals surface area contributed by atoms with Gasteiger partial charge in [-0.05, 0) is 65.7 Å². The van der Waals surface area contributed by atoms with Crippen molar-refractivity contribution in [2.45, 2.75) is 0 Å². The Morgan fingerprint density at radius 2 is 1.72 bits per heavy atom. The molecule has 5 rings (SSSR count). The van der Waals surface area contributed by atoms with Crippen LogP contribution >= 0.6 is 11.6 Å². The monoisotopic (exact) mass is 439 g/mol. The molecule has 0 saturated heterocycles. The minimum absolute atomic E-state index is 0.120. The van der Waals surface area contributed by atoms with Gasteiger partial charge in [-0.15, -0.1) is 0 Å². The Morgan fingerprint density at radius 3 is 2.47 bits per heavy atom. The summed E-state index contributed by atoms with van der Waals surface area (Å²) in [7, 11) is 0. The van der Waals surface area contributed by atoms with E-state index in [9.17, 15) is 9.59 Å². The summed E-state index contributed by atoms with van der Waals surface area (Å²) >= 11 is 5.96. The Balaban J connectivity index is 1.36. The van der Waals surface area contributed by atoms with Gasteiger partial charge in [0.1, 0.15) is 0 Å². The van der Waals surface area contributed by atoms with Gasteiger partial charge in [0.2, 0.25) is 0 Å². The molecule has 0 unspecified atom stereocenters. The molecule has 0 aliphatic carbocycles. The fourth-order valence-electron chi connectivity index (χ4n) is 3.69. The number of aromatic nitrogens is 1. The van der Waals surface area contributed by atoms with E-state index in [0.29, 0.717) is 21.8 Å². The van der Waals surface area contributed by atoms with Crippen LogP contribution in [0.15, 0.2) is 85.1 Å². The van der Waals surface area contributed by atoms with Gasteiger partial charge in [-0.25, -0.2) is 0 Å². The predicted octanol–water partition coefficient (Wildman–Crippen LogP) is 6.08. The Morgan fingerprint density at radius 1 is 0.906 bits per heavy atom. The molecular weight excluding hydrogens is 422 g/mol. The first-order chi connectivity index (χ1) is 15.6. The molecule has 2 heterocycles. The molecule has 32 heavy (non-hydrogen) atoms. The van der Waals surface area contributed by atoms with E-state index in [1.807, 2.05) is 66.9 Å². The van der Waals surface area contributed by atoms with Crippen molar-refractivity contribution in [3.8, 4) is 11.1 Å². The van der Waals surface area contributed by atoms with E-state index in [1.165, 1.54) is 0 Å². The maximum Gasteiger partial charge on any atom is 0.256 e. The van der Waals surface area contributed by atoms with Gasteiger partial charge in [-0.2, -0.15) is 0 Å². The minimum atomic E-state index is -0.220. The Hall–Kier alpha value is -4.09. The second-order valence-corrected chi connectivity index (χ2v) is 7.88. The largest absolute Gasteiger partial charge is 0.362 e. The number of amides is 2. The van der Waals surface area contributed by atoms with E-state index in [-0.39, 0.29) is 11.8 Å². The molecule has 0 bridgehead atoms. The summed E-state index contributed by atoms with van der Waals surface area (Å²) in [5.74, 6) is -0.340. The number of aromatic amines is 1. The van der Waals surface area contributed by atoms with Gasteiger partial charge < -0.3 is 15.6 Å². The molecule has 3 aromatic carbocycles. The topological polar surface area (TPSA) is 74.0 Å². The van der Waals surface area contributed by atoms with E-state index >= 15 is 0 Å². The highest BCUT2D eigenvalue weighted by molar-refractivity contribution is 6.35. The number of hydrogen-bond acceptors (Lipinski definition) is 2. The van der Waals surface area contributed by atoms with Gasteiger partial charge >= 0.3 is 0 Å². The third kappa shape index (κ3) is 3.94. The zero-order valence-corrected chi connectivity index (χ0v) is 17.6. The summed E-state index contributed by atoms with van der Waals surface area (Å²) in [4.78, 5) is 27.9. The molecule has 0 radical (unpaired) electrons. The molecule has 3 N–H and O–H groups in total. The van der Waals surface area contributed by atoms with Crippen LogP contribution in [0.25, 0.3) is 22.8 Å². The lowest BCUT2D eigenvalue weighted by molar-refractivity contribution is -0.110. The van der Waals surface area contributed by atoms with E-state index in [2.05, 4.69) is 15.6 Å². The Kier molecular flexibility index (Phi) is 5.09. The van der Waals surface area contributed by atoms with Crippen LogP contribution in [0.4, 0.5) is 11.4 Å². The van der Waals surface area contributed by atoms with Crippen molar-refractivity contribution in [3.63, 3.8) is 0 Å². The number of hydrogen-bond donors (Lipinski definition) is 3. The van der Waals surface area contributed by atoms with Crippen molar-refractivity contribution in [1.29, 1.82) is 0 Å². The Labute approximate surface area is 189 Å². The maximum absolute atomic E-state index is 12.4. The number of halogens is 1. The van der Waals surface area contributed by atoms with E-state index in [4.69, 9.17) is 11.6 Å². The lowest BCUT2D eigenvalue weighted by atomic mass is 10.00. The highest BCUT2D eigenvalue weighted by atomic mass is 35.5. The smallest absolute Gasteiger partial charge is 0.256 e. The van der Waals surface area contributed by atoms with Gasteiger partial charge in [-0.1, -0.05) is 41.9 Å². The zero-order chi connectivity index (χ0) is 22.1. The first-order valence-electron chi connectivity index (χ1n) is 10.0. The SMILES string of the molecule is O=C1Nc2cc(-c3ccc(NC(=O)c4cccc(Cl)c4)cc3)ccc2/C1=C/c1ccc[nH]1. The van der Waals surface area contributed by atoms with Crippen molar-refractivity contribution >= 4 is 46.4 Å². The third-order valence-corrected chi connectivity index (χ3v) is 5.52. The number of H-pyrrole nitrogens is 1. The van der Waals surface area contributed by atoms with Gasteiger partial charge in [0.25, 0.3) is 11.8 Å². The molecule has 5 nitrogen and oxygen atoms in total. The van der Waals surface area contributed by atoms with E-state index < -0.39 is 0 Å². The summed E-state index contributed by atoms with van der Waals surface area (Å²) in [5.41, 5.74) is 6.30. The summed E-state index contributed by atoms with van der Waals surface area (Å²) in [6, 6.07) is 24.1. The average molecular weight is 440 g/mol. The zero-order valence-electron chi connectivity index (χ0n) is 16.9. The first kappa shape index (κ1) is 19.8. The van der Waals surface area contributed by atoms with Crippen LogP contribution in [0.3, 0.4) is 0 Å². The van der Waals surface area contributed by atoms with Crippen LogP contribution in [-0.2, 0) is 4.79 Å². The highest BCUT2D eigenvalue weighted by Crippen LogP contribution is 2.36. The van der Waals surface area contributed by atoms with Crippen molar-refractivity contribution in [1.82, 2.24) is 4.98 Å². The normalized spacial score (nSPS) is 13.7. The number of carbonyl (C=O) groups excluding carboxylic acids is 2. The van der Waals surface area contributed by atoms with Gasteiger partial charge in [0.15, 0.2) is 0 Å². The minimum Gasteiger partial charge on any atom is -0.362 e. The molecule has 1 aromatic heterocycles. The highest BCUT2D eigenvalue weighted by Gasteiger charge is 2.24. The van der Waals surface area contributed by atoms with Crippen LogP contribution in [0.2, 0.25) is 5.02 Å². The predicted molar refractivity (Wildman–Crippen MR) is 129 cm³/mol. The number of anilines is 2. The van der Waals surface area contributed by atoms with Crippen LogP contribution in [0, 0.1) is 0 Å². The van der Waals surface area contributed by atoms with Crippen molar-refractivity contribution < 1.29 is 9.59 Å². The average Bonchev–Trinajstić information content (AvgIpc) is 3.42. The number of benzene rings is 3. The standard InChI is InChI=1S/C26H18ClN3O2/c27-19-4-1-3-18(13-19)25(31)29-20-9-6-16(7-10-20)17-8-11-22-23(15-21-5-2-12-28-21)26(32)30-24(22)14-17/h1-15,28H,(H,29,31)(H,30,32)/b23-15-. The molecular formula is C26H18ClN3O2. The Bertz CT molecular complexity index is 1360. The van der Waals surface area contributed by atoms with E-state index in [1.54, 1.807) is 24.3 Å². The molecule has 6 heteroatoms. The number of nitrogens with one attached hydrogen (secondary N) is 3. The van der Waals surface area contributed by atoms with Gasteiger partial charge in [-0.3, -0.25) is 9.59 Å². The van der Waals surface area contributed by atoms with Gasteiger partial charge in [0.05, 0.1) is 5.57 Å². The molecule has 0 saturated carbocycles. The number of fused-ring (bicyclic) bond motifs is 1. The van der Waals surface area contributed by atoms with Gasteiger partial charge in [0, 0.05) is 39.4 Å². The third-order valence-electron chi connectivity index (χ3n) is 5.29. The fraction of sp³-hybridized carbons (Fsp3) is 0. The van der Waals surface area contributed by atoms with Crippen molar-refractivity contribution in [3.05, 3.63) is 107 Å². The number of carbonyl (C=O) groups is 2. The fourth-order valence-corrected chi connectivity index (χ4v) is 3.88. The molecule has 156 valence electrons. The van der Waals surface area contributed by atoms with Crippen LogP contribution in [-0.4, -0.2) is 16.8 Å². The lowest BCUT2D eigenvalue weighted by Crippen LogP contribution is -2.11. The molecule has 4 aromatic rings. The molecule has 1 aliphatic heterocycles. The molecule has 0 fully saturated rings. The van der Waals surface area contributed by atoms with Crippen LogP contribution in [0.1, 0.15) is 21.6 Å². The van der Waals surface area contributed by atoms with Crippen LogP contribution < -0.4 is 10.6 Å². The second-order valence-electron chi connectivity index (χ2n) is 7.44. The lowest BCUT2D eigenvalue weighted by Gasteiger charge is -2.08. The molecule has 0 atom stereocenters. The number of rotatable bonds is 4. The first-order valence-corrected chi connectivity index (χ1v) is 10.4. The summed E-state index contributed by atoms with van der Waals surface area (Å²) in [6.07, 6.45) is 3.67. The summed E-state index contributed by atoms with van der Waals surface area (Å²) < 4.78 is 0. The van der Waals surface area contributed by atoms with Crippen molar-refractivity contribution in [2.75, 3.05) is 10.6 Å². The van der Waals surface area contributed by atoms with Crippen molar-refractivity contribution in [2.24, 2.45) is 0 Å². The molecule has 1 aliphatic rings. The molecule has 2 amide bonds. The quantitative estimate of drug-likeness (QED) is 0.337. The maximum atomic E-state index is 12.4. The summed E-state index contributed by atoms with van der Waals surface area (Å²) in [6.45, 7) is 0. The summed E-state index contributed by atoms with van der Waals surface area (Å²) in [5, 5.41) is 6.33. The van der Waals surface area contributed by atoms with E-state index in [0.717, 1.165) is 28.1 Å².